The number of hydrogen-bond acceptors (Lipinski definition) is 5. The summed E-state index contributed by atoms with van der Waals surface area (Å²) in [5.74, 6) is 0.723. The van der Waals surface area contributed by atoms with Crippen LogP contribution in [0.4, 0.5) is 10.2 Å². The molecule has 0 aliphatic carbocycles. The molecule has 2 aromatic heterocycles. The van der Waals surface area contributed by atoms with Crippen LogP contribution in [0.3, 0.4) is 0 Å². The van der Waals surface area contributed by atoms with Gasteiger partial charge in [-0.05, 0) is 56.7 Å². The Bertz CT molecular complexity index is 1170. The molecule has 1 aromatic carbocycles. The van der Waals surface area contributed by atoms with E-state index in [-0.39, 0.29) is 24.0 Å². The third-order valence-corrected chi connectivity index (χ3v) is 6.24. The molecule has 1 fully saturated rings. The summed E-state index contributed by atoms with van der Waals surface area (Å²) in [5.41, 5.74) is 1.24. The second-order valence-electron chi connectivity index (χ2n) is 8.60. The zero-order valence-electron chi connectivity index (χ0n) is 18.6. The van der Waals surface area contributed by atoms with E-state index in [1.54, 1.807) is 13.0 Å². The van der Waals surface area contributed by atoms with Crippen molar-refractivity contribution in [3.63, 3.8) is 0 Å². The van der Waals surface area contributed by atoms with Crippen molar-refractivity contribution in [1.82, 2.24) is 19.3 Å². The zero-order valence-corrected chi connectivity index (χ0v) is 18.6. The number of aliphatic hydroxyl groups is 1. The highest BCUT2D eigenvalue weighted by Gasteiger charge is 2.23. The molecule has 1 aliphatic rings. The maximum absolute atomic E-state index is 15.2. The number of hydrogen-bond donors (Lipinski definition) is 1. The molecule has 0 amide bonds. The lowest BCUT2D eigenvalue weighted by atomic mass is 9.97. The minimum Gasteiger partial charge on any atom is -0.388 e. The van der Waals surface area contributed by atoms with Gasteiger partial charge in [0.15, 0.2) is 11.6 Å². The van der Waals surface area contributed by atoms with Gasteiger partial charge in [-0.25, -0.2) is 14.2 Å². The lowest BCUT2D eigenvalue weighted by Crippen LogP contribution is -2.38. The van der Waals surface area contributed by atoms with Crippen molar-refractivity contribution in [2.75, 3.05) is 11.4 Å². The molecule has 3 heterocycles. The molecule has 1 saturated heterocycles. The van der Waals surface area contributed by atoms with Crippen molar-refractivity contribution >= 4 is 16.7 Å². The zero-order chi connectivity index (χ0) is 22.3. The summed E-state index contributed by atoms with van der Waals surface area (Å²) in [6, 6.07) is 5.55. The van der Waals surface area contributed by atoms with Gasteiger partial charge in [0, 0.05) is 30.6 Å². The molecule has 8 heteroatoms. The normalized spacial score (nSPS) is 17.1. The van der Waals surface area contributed by atoms with E-state index in [4.69, 9.17) is 4.98 Å². The minimum absolute atomic E-state index is 0.0715. The molecule has 0 spiro atoms. The number of halogens is 1. The number of rotatable bonds is 5. The Balaban J connectivity index is 1.91. The van der Waals surface area contributed by atoms with E-state index in [1.165, 1.54) is 17.1 Å². The maximum atomic E-state index is 15.2. The molecule has 1 aliphatic heterocycles. The van der Waals surface area contributed by atoms with Crippen LogP contribution in [0.2, 0.25) is 0 Å². The summed E-state index contributed by atoms with van der Waals surface area (Å²) < 4.78 is 17.6. The van der Waals surface area contributed by atoms with Gasteiger partial charge < -0.3 is 10.0 Å². The first kappa shape index (κ1) is 21.5. The van der Waals surface area contributed by atoms with Gasteiger partial charge in [-0.3, -0.25) is 4.57 Å². The van der Waals surface area contributed by atoms with Crippen molar-refractivity contribution in [2.24, 2.45) is 0 Å². The number of anilines is 1. The highest BCUT2D eigenvalue weighted by Crippen LogP contribution is 2.33. The molecule has 3 aromatic rings. The number of fused-ring (bicyclic) bond motifs is 1. The molecule has 0 radical (unpaired) electrons. The number of aliphatic hydroxyl groups excluding tert-OH is 1. The number of piperidine rings is 1. The number of pyridine rings is 1. The van der Waals surface area contributed by atoms with Gasteiger partial charge >= 0.3 is 5.69 Å². The summed E-state index contributed by atoms with van der Waals surface area (Å²) in [6.45, 7) is 9.10. The lowest BCUT2D eigenvalue weighted by molar-refractivity contribution is 0.264. The summed E-state index contributed by atoms with van der Waals surface area (Å²) in [5, 5.41) is 14.5. The maximum Gasteiger partial charge on any atom is 0.350 e. The van der Waals surface area contributed by atoms with Crippen LogP contribution in [0.25, 0.3) is 16.6 Å². The molecular formula is C23H30FN5O2. The van der Waals surface area contributed by atoms with Gasteiger partial charge in [-0.1, -0.05) is 13.8 Å². The van der Waals surface area contributed by atoms with E-state index in [0.29, 0.717) is 18.1 Å². The molecule has 0 unspecified atom stereocenters. The predicted molar refractivity (Wildman–Crippen MR) is 119 cm³/mol. The molecule has 1 N–H and O–H groups in total. The Kier molecular flexibility index (Phi) is 5.83. The average Bonchev–Trinajstić information content (AvgIpc) is 3.07. The van der Waals surface area contributed by atoms with E-state index in [9.17, 15) is 9.90 Å². The summed E-state index contributed by atoms with van der Waals surface area (Å²) in [7, 11) is 0. The molecular weight excluding hydrogens is 397 g/mol. The van der Waals surface area contributed by atoms with Gasteiger partial charge in [0.25, 0.3) is 0 Å². The molecule has 31 heavy (non-hydrogen) atoms. The summed E-state index contributed by atoms with van der Waals surface area (Å²) in [6.07, 6.45) is 3.47. The van der Waals surface area contributed by atoms with Gasteiger partial charge in [0.1, 0.15) is 18.1 Å². The van der Waals surface area contributed by atoms with Crippen molar-refractivity contribution in [1.29, 1.82) is 0 Å². The number of aromatic nitrogens is 4. The molecule has 7 nitrogen and oxygen atoms in total. The standard InChI is InChI=1S/C23H30FN5O2/c1-5-27-22(13-30)26-29(23(27)31)20-10-17-16(14(2)3)11-21(25-19(17)12-18(20)24)28-9-7-6-8-15(28)4/h10-12,14-15,30H,5-9,13H2,1-4H3/t15-/m1/s1. The Labute approximate surface area is 181 Å². The molecule has 166 valence electrons. The SMILES string of the molecule is CCn1c(CO)nn(-c2cc3c(C(C)C)cc(N4CCCC[C@H]4C)nc3cc2F)c1=O. The monoisotopic (exact) mass is 427 g/mol. The summed E-state index contributed by atoms with van der Waals surface area (Å²) in [4.78, 5) is 19.9. The van der Waals surface area contributed by atoms with Crippen LogP contribution in [0.15, 0.2) is 23.0 Å². The first-order valence-corrected chi connectivity index (χ1v) is 11.1. The fraction of sp³-hybridized carbons (Fsp3) is 0.522. The third-order valence-electron chi connectivity index (χ3n) is 6.24. The van der Waals surface area contributed by atoms with E-state index >= 15 is 4.39 Å². The third kappa shape index (κ3) is 3.73. The molecule has 0 bridgehead atoms. The minimum atomic E-state index is -0.564. The van der Waals surface area contributed by atoms with Gasteiger partial charge in [0.05, 0.1) is 5.52 Å². The van der Waals surface area contributed by atoms with Crippen LogP contribution in [-0.2, 0) is 13.2 Å². The van der Waals surface area contributed by atoms with Gasteiger partial charge in [-0.15, -0.1) is 5.10 Å². The van der Waals surface area contributed by atoms with Crippen LogP contribution >= 0.6 is 0 Å². The van der Waals surface area contributed by atoms with E-state index in [2.05, 4.69) is 36.8 Å². The van der Waals surface area contributed by atoms with Crippen molar-refractivity contribution in [2.45, 2.75) is 72.1 Å². The average molecular weight is 428 g/mol. The predicted octanol–water partition coefficient (Wildman–Crippen LogP) is 3.74. The van der Waals surface area contributed by atoms with Crippen molar-refractivity contribution in [3.8, 4) is 5.69 Å². The largest absolute Gasteiger partial charge is 0.388 e. The summed E-state index contributed by atoms with van der Waals surface area (Å²) >= 11 is 0. The second kappa shape index (κ2) is 8.42. The Hall–Kier alpha value is -2.74. The van der Waals surface area contributed by atoms with Crippen LogP contribution in [-0.4, -0.2) is 37.0 Å². The van der Waals surface area contributed by atoms with E-state index in [1.807, 2.05) is 0 Å². The highest BCUT2D eigenvalue weighted by atomic mass is 19.1. The Morgan fingerprint density at radius 3 is 2.65 bits per heavy atom. The first-order chi connectivity index (χ1) is 14.8. The smallest absolute Gasteiger partial charge is 0.350 e. The van der Waals surface area contributed by atoms with Crippen LogP contribution in [0, 0.1) is 5.82 Å². The Morgan fingerprint density at radius 1 is 1.26 bits per heavy atom. The fourth-order valence-electron chi connectivity index (χ4n) is 4.50. The van der Waals surface area contributed by atoms with Crippen LogP contribution in [0.5, 0.6) is 0 Å². The van der Waals surface area contributed by atoms with Gasteiger partial charge in [-0.2, -0.15) is 4.68 Å². The topological polar surface area (TPSA) is 76.2 Å². The Morgan fingerprint density at radius 2 is 2.03 bits per heavy atom. The quantitative estimate of drug-likeness (QED) is 0.671. The van der Waals surface area contributed by atoms with Crippen LogP contribution in [0.1, 0.15) is 64.3 Å². The van der Waals surface area contributed by atoms with Gasteiger partial charge in [0.2, 0.25) is 0 Å². The van der Waals surface area contributed by atoms with E-state index in [0.717, 1.165) is 40.8 Å². The lowest BCUT2D eigenvalue weighted by Gasteiger charge is -2.35. The number of nitrogens with zero attached hydrogens (tertiary/aromatic N) is 5. The van der Waals surface area contributed by atoms with E-state index < -0.39 is 11.5 Å². The fourth-order valence-corrected chi connectivity index (χ4v) is 4.50. The highest BCUT2D eigenvalue weighted by molar-refractivity contribution is 5.87. The first-order valence-electron chi connectivity index (χ1n) is 11.1. The second-order valence-corrected chi connectivity index (χ2v) is 8.60. The molecule has 1 atom stereocenters. The molecule has 4 rings (SSSR count). The van der Waals surface area contributed by atoms with Crippen LogP contribution < -0.4 is 10.6 Å². The molecule has 0 saturated carbocycles. The van der Waals surface area contributed by atoms with Crippen molar-refractivity contribution in [3.05, 3.63) is 45.9 Å². The van der Waals surface area contributed by atoms with Crippen molar-refractivity contribution < 1.29 is 9.50 Å². The number of benzene rings is 1.